The maximum absolute atomic E-state index is 12.3. The lowest BCUT2D eigenvalue weighted by Crippen LogP contribution is -2.27. The van der Waals surface area contributed by atoms with E-state index in [0.717, 1.165) is 27.3 Å². The smallest absolute Gasteiger partial charge is 0.228 e. The molecule has 0 aliphatic carbocycles. The van der Waals surface area contributed by atoms with Crippen molar-refractivity contribution in [1.82, 2.24) is 15.1 Å². The Bertz CT molecular complexity index is 1060. The van der Waals surface area contributed by atoms with Crippen molar-refractivity contribution < 1.29 is 9.21 Å². The highest BCUT2D eigenvalue weighted by molar-refractivity contribution is 6.06. The first-order valence-electron chi connectivity index (χ1n) is 8.28. The zero-order chi connectivity index (χ0) is 17.4. The third-order valence-corrected chi connectivity index (χ3v) is 4.41. The van der Waals surface area contributed by atoms with Crippen molar-refractivity contribution in [2.75, 3.05) is 0 Å². The molecule has 0 spiro atoms. The highest BCUT2D eigenvalue weighted by Crippen LogP contribution is 2.28. The van der Waals surface area contributed by atoms with Crippen LogP contribution >= 0.6 is 0 Å². The summed E-state index contributed by atoms with van der Waals surface area (Å²) in [7, 11) is 1.86. The Kier molecular flexibility index (Phi) is 3.76. The molecule has 2 aromatic carbocycles. The van der Waals surface area contributed by atoms with Gasteiger partial charge >= 0.3 is 0 Å². The number of nitrogens with one attached hydrogen (secondary N) is 1. The Balaban J connectivity index is 1.54. The van der Waals surface area contributed by atoms with Gasteiger partial charge in [-0.15, -0.1) is 0 Å². The number of fused-ring (bicyclic) bond motifs is 3. The second kappa shape index (κ2) is 6.09. The standard InChI is InChI=1S/C20H19N3O2/c1-13(15-11-21-23(2)12-15)22-20(24)10-16-9-18-17-6-4-3-5-14(17)7-8-19(18)25-16/h3-9,11-13H,10H2,1-2H3,(H,22,24)/t13-/m1/s1. The van der Waals surface area contributed by atoms with Crippen LogP contribution in [0.5, 0.6) is 0 Å². The average Bonchev–Trinajstić information content (AvgIpc) is 3.20. The van der Waals surface area contributed by atoms with Gasteiger partial charge in [0.15, 0.2) is 0 Å². The van der Waals surface area contributed by atoms with Crippen molar-refractivity contribution in [3.8, 4) is 0 Å². The van der Waals surface area contributed by atoms with Crippen molar-refractivity contribution in [2.24, 2.45) is 7.05 Å². The number of rotatable bonds is 4. The van der Waals surface area contributed by atoms with Crippen LogP contribution in [0.4, 0.5) is 0 Å². The minimum absolute atomic E-state index is 0.0697. The molecule has 2 aromatic heterocycles. The van der Waals surface area contributed by atoms with Crippen molar-refractivity contribution in [1.29, 1.82) is 0 Å². The fraction of sp³-hybridized carbons (Fsp3) is 0.200. The van der Waals surface area contributed by atoms with Gasteiger partial charge in [-0.3, -0.25) is 9.48 Å². The lowest BCUT2D eigenvalue weighted by molar-refractivity contribution is -0.121. The minimum Gasteiger partial charge on any atom is -0.461 e. The summed E-state index contributed by atoms with van der Waals surface area (Å²) < 4.78 is 7.59. The first-order valence-corrected chi connectivity index (χ1v) is 8.28. The van der Waals surface area contributed by atoms with Gasteiger partial charge in [0.25, 0.3) is 0 Å². The fourth-order valence-electron chi connectivity index (χ4n) is 3.13. The summed E-state index contributed by atoms with van der Waals surface area (Å²) in [5.74, 6) is 0.599. The minimum atomic E-state index is -0.0913. The molecule has 5 nitrogen and oxygen atoms in total. The molecule has 0 radical (unpaired) electrons. The van der Waals surface area contributed by atoms with Gasteiger partial charge in [0.1, 0.15) is 11.3 Å². The predicted molar refractivity (Wildman–Crippen MR) is 97.2 cm³/mol. The number of aryl methyl sites for hydroxylation is 1. The average molecular weight is 333 g/mol. The van der Waals surface area contributed by atoms with E-state index in [4.69, 9.17) is 4.42 Å². The molecule has 25 heavy (non-hydrogen) atoms. The predicted octanol–water partition coefficient (Wildman–Crippen LogP) is 3.74. The SMILES string of the molecule is C[C@@H](NC(=O)Cc1cc2c(ccc3ccccc32)o1)c1cnn(C)c1. The number of hydrogen-bond donors (Lipinski definition) is 1. The molecule has 5 heteroatoms. The summed E-state index contributed by atoms with van der Waals surface area (Å²) >= 11 is 0. The topological polar surface area (TPSA) is 60.1 Å². The molecule has 0 aliphatic rings. The van der Waals surface area contributed by atoms with Crippen LogP contribution in [0.15, 0.2) is 59.3 Å². The number of carbonyl (C=O) groups excluding carboxylic acids is 1. The number of amides is 1. The zero-order valence-electron chi connectivity index (χ0n) is 14.2. The van der Waals surface area contributed by atoms with Crippen LogP contribution in [-0.2, 0) is 18.3 Å². The van der Waals surface area contributed by atoms with Gasteiger partial charge in [0.2, 0.25) is 5.91 Å². The molecule has 0 aliphatic heterocycles. The molecule has 0 unspecified atom stereocenters. The largest absolute Gasteiger partial charge is 0.461 e. The van der Waals surface area contributed by atoms with Gasteiger partial charge in [-0.1, -0.05) is 30.3 Å². The Morgan fingerprint density at radius 3 is 2.88 bits per heavy atom. The van der Waals surface area contributed by atoms with Gasteiger partial charge in [-0.05, 0) is 29.8 Å². The lowest BCUT2D eigenvalue weighted by Gasteiger charge is -2.11. The molecule has 0 saturated carbocycles. The number of hydrogen-bond acceptors (Lipinski definition) is 3. The summed E-state index contributed by atoms with van der Waals surface area (Å²) in [5, 5.41) is 10.5. The van der Waals surface area contributed by atoms with E-state index < -0.39 is 0 Å². The number of benzene rings is 2. The zero-order valence-corrected chi connectivity index (χ0v) is 14.2. The molecule has 1 N–H and O–H groups in total. The Morgan fingerprint density at radius 2 is 2.08 bits per heavy atom. The second-order valence-corrected chi connectivity index (χ2v) is 6.32. The van der Waals surface area contributed by atoms with E-state index in [0.29, 0.717) is 5.76 Å². The van der Waals surface area contributed by atoms with Crippen molar-refractivity contribution in [2.45, 2.75) is 19.4 Å². The summed E-state index contributed by atoms with van der Waals surface area (Å²) in [6.45, 7) is 1.95. The molecular formula is C20H19N3O2. The Labute approximate surface area is 145 Å². The van der Waals surface area contributed by atoms with Crippen LogP contribution in [0.2, 0.25) is 0 Å². The molecule has 1 atom stereocenters. The fourth-order valence-corrected chi connectivity index (χ4v) is 3.13. The van der Waals surface area contributed by atoms with Gasteiger partial charge in [-0.2, -0.15) is 5.10 Å². The summed E-state index contributed by atoms with van der Waals surface area (Å²) in [6.07, 6.45) is 3.88. The number of furan rings is 1. The van der Waals surface area contributed by atoms with Crippen LogP contribution in [0.1, 0.15) is 24.3 Å². The number of aromatic nitrogens is 2. The van der Waals surface area contributed by atoms with E-state index in [1.165, 1.54) is 0 Å². The van der Waals surface area contributed by atoms with Crippen molar-refractivity contribution >= 4 is 27.6 Å². The lowest BCUT2D eigenvalue weighted by atomic mass is 10.1. The first kappa shape index (κ1) is 15.4. The quantitative estimate of drug-likeness (QED) is 0.619. The van der Waals surface area contributed by atoms with Gasteiger partial charge in [0, 0.05) is 24.2 Å². The summed E-state index contributed by atoms with van der Waals surface area (Å²) in [6, 6.07) is 14.0. The van der Waals surface area contributed by atoms with E-state index in [1.807, 2.05) is 50.5 Å². The van der Waals surface area contributed by atoms with Crippen LogP contribution in [-0.4, -0.2) is 15.7 Å². The molecule has 0 fully saturated rings. The van der Waals surface area contributed by atoms with Crippen LogP contribution in [0, 0.1) is 0 Å². The maximum atomic E-state index is 12.3. The molecule has 2 heterocycles. The summed E-state index contributed by atoms with van der Waals surface area (Å²) in [4.78, 5) is 12.3. The Morgan fingerprint density at radius 1 is 1.24 bits per heavy atom. The van der Waals surface area contributed by atoms with E-state index >= 15 is 0 Å². The molecule has 4 rings (SSSR count). The van der Waals surface area contributed by atoms with E-state index in [-0.39, 0.29) is 18.4 Å². The highest BCUT2D eigenvalue weighted by atomic mass is 16.3. The van der Waals surface area contributed by atoms with E-state index in [2.05, 4.69) is 22.5 Å². The van der Waals surface area contributed by atoms with Gasteiger partial charge < -0.3 is 9.73 Å². The third kappa shape index (κ3) is 3.01. The van der Waals surface area contributed by atoms with E-state index in [9.17, 15) is 4.79 Å². The van der Waals surface area contributed by atoms with Gasteiger partial charge in [0.05, 0.1) is 18.7 Å². The molecular weight excluding hydrogens is 314 g/mol. The van der Waals surface area contributed by atoms with Crippen LogP contribution in [0.3, 0.4) is 0 Å². The monoisotopic (exact) mass is 333 g/mol. The van der Waals surface area contributed by atoms with Crippen molar-refractivity contribution in [3.63, 3.8) is 0 Å². The van der Waals surface area contributed by atoms with Crippen LogP contribution in [0.25, 0.3) is 21.7 Å². The van der Waals surface area contributed by atoms with E-state index in [1.54, 1.807) is 10.9 Å². The third-order valence-electron chi connectivity index (χ3n) is 4.41. The summed E-state index contributed by atoms with van der Waals surface area (Å²) in [5.41, 5.74) is 1.79. The first-order chi connectivity index (χ1) is 12.1. The van der Waals surface area contributed by atoms with Crippen molar-refractivity contribution in [3.05, 3.63) is 66.2 Å². The highest BCUT2D eigenvalue weighted by Gasteiger charge is 2.14. The second-order valence-electron chi connectivity index (χ2n) is 6.32. The molecule has 0 bridgehead atoms. The maximum Gasteiger partial charge on any atom is 0.228 e. The number of nitrogens with zero attached hydrogens (tertiary/aromatic N) is 2. The molecule has 1 amide bonds. The molecule has 4 aromatic rings. The number of carbonyl (C=O) groups is 1. The molecule has 0 saturated heterocycles. The normalized spacial score (nSPS) is 12.6. The molecule has 126 valence electrons. The van der Waals surface area contributed by atoms with Crippen LogP contribution < -0.4 is 5.32 Å². The van der Waals surface area contributed by atoms with Gasteiger partial charge in [-0.25, -0.2) is 0 Å². The Hall–Kier alpha value is -3.08.